The topological polar surface area (TPSA) is 118 Å². The van der Waals surface area contributed by atoms with Crippen molar-refractivity contribution < 1.29 is 17.6 Å². The maximum Gasteiger partial charge on any atom is 0.349 e. The van der Waals surface area contributed by atoms with Gasteiger partial charge >= 0.3 is 5.63 Å². The molecule has 0 aliphatic heterocycles. The molecule has 0 spiro atoms. The standard InChI is InChI=1S/C19H12BrN3O5S2/c20-12-1-6-16-11(9-12)10-15(18(25)28-16)17(24)22-13-2-4-14(5-3-13)30(26,27)23-19-21-7-8-29-19/h1-10H,(H,21,23)(H,22,24). The molecule has 2 N–H and O–H groups in total. The molecule has 2 heterocycles. The average Bonchev–Trinajstić information content (AvgIpc) is 3.20. The number of hydrogen-bond acceptors (Lipinski definition) is 7. The molecule has 152 valence electrons. The maximum absolute atomic E-state index is 12.5. The van der Waals surface area contributed by atoms with Gasteiger partial charge in [-0.2, -0.15) is 0 Å². The van der Waals surface area contributed by atoms with Gasteiger partial charge in [0.15, 0.2) is 5.13 Å². The van der Waals surface area contributed by atoms with Crippen molar-refractivity contribution in [1.82, 2.24) is 4.98 Å². The zero-order chi connectivity index (χ0) is 21.3. The summed E-state index contributed by atoms with van der Waals surface area (Å²) in [6.45, 7) is 0. The highest BCUT2D eigenvalue weighted by molar-refractivity contribution is 9.10. The minimum atomic E-state index is -3.80. The number of thiazole rings is 1. The van der Waals surface area contributed by atoms with Gasteiger partial charge in [0.1, 0.15) is 11.1 Å². The van der Waals surface area contributed by atoms with E-state index in [9.17, 15) is 18.0 Å². The smallest absolute Gasteiger partial charge is 0.349 e. The Kier molecular flexibility index (Phi) is 5.41. The number of carbonyl (C=O) groups excluding carboxylic acids is 1. The van der Waals surface area contributed by atoms with E-state index in [4.69, 9.17) is 4.42 Å². The molecule has 11 heteroatoms. The Hall–Kier alpha value is -3.02. The summed E-state index contributed by atoms with van der Waals surface area (Å²) in [4.78, 5) is 28.6. The van der Waals surface area contributed by atoms with Gasteiger partial charge in [-0.25, -0.2) is 18.2 Å². The summed E-state index contributed by atoms with van der Waals surface area (Å²) in [5.41, 5.74) is -0.249. The van der Waals surface area contributed by atoms with Gasteiger partial charge < -0.3 is 9.73 Å². The highest BCUT2D eigenvalue weighted by atomic mass is 79.9. The zero-order valence-corrected chi connectivity index (χ0v) is 18.2. The van der Waals surface area contributed by atoms with Crippen LogP contribution < -0.4 is 15.7 Å². The Labute approximate surface area is 182 Å². The molecule has 2 aromatic carbocycles. The van der Waals surface area contributed by atoms with Gasteiger partial charge in [-0.3, -0.25) is 9.52 Å². The van der Waals surface area contributed by atoms with Gasteiger partial charge in [0.25, 0.3) is 15.9 Å². The highest BCUT2D eigenvalue weighted by Crippen LogP contribution is 2.21. The van der Waals surface area contributed by atoms with Gasteiger partial charge in [0.05, 0.1) is 4.90 Å². The number of fused-ring (bicyclic) bond motifs is 1. The highest BCUT2D eigenvalue weighted by Gasteiger charge is 2.17. The van der Waals surface area contributed by atoms with E-state index in [0.717, 1.165) is 15.8 Å². The van der Waals surface area contributed by atoms with E-state index in [1.807, 2.05) is 0 Å². The first-order valence-corrected chi connectivity index (χ1v) is 11.5. The lowest BCUT2D eigenvalue weighted by atomic mass is 10.1. The van der Waals surface area contributed by atoms with Crippen LogP contribution in [0.3, 0.4) is 0 Å². The van der Waals surface area contributed by atoms with Crippen molar-refractivity contribution in [3.63, 3.8) is 0 Å². The van der Waals surface area contributed by atoms with Gasteiger partial charge in [-0.1, -0.05) is 15.9 Å². The summed E-state index contributed by atoms with van der Waals surface area (Å²) in [5.74, 6) is -0.665. The molecule has 0 radical (unpaired) electrons. The van der Waals surface area contributed by atoms with E-state index < -0.39 is 21.6 Å². The van der Waals surface area contributed by atoms with Gasteiger partial charge in [-0.15, -0.1) is 11.3 Å². The fourth-order valence-corrected chi connectivity index (χ4v) is 4.78. The van der Waals surface area contributed by atoms with E-state index in [2.05, 4.69) is 31.0 Å². The number of rotatable bonds is 5. The van der Waals surface area contributed by atoms with Gasteiger partial charge in [-0.05, 0) is 48.5 Å². The second-order valence-corrected chi connectivity index (χ2v) is 9.54. The number of benzene rings is 2. The monoisotopic (exact) mass is 505 g/mol. The second-order valence-electron chi connectivity index (χ2n) is 6.05. The summed E-state index contributed by atoms with van der Waals surface area (Å²) >= 11 is 4.49. The lowest BCUT2D eigenvalue weighted by molar-refractivity contribution is 0.102. The number of anilines is 2. The van der Waals surface area contributed by atoms with E-state index in [1.54, 1.807) is 23.6 Å². The number of nitrogens with zero attached hydrogens (tertiary/aromatic N) is 1. The molecule has 8 nitrogen and oxygen atoms in total. The van der Waals surface area contributed by atoms with Crippen LogP contribution in [-0.2, 0) is 10.0 Å². The lowest BCUT2D eigenvalue weighted by Crippen LogP contribution is -2.20. The second kappa shape index (κ2) is 8.01. The molecule has 2 aromatic heterocycles. The van der Waals surface area contributed by atoms with Crippen LogP contribution in [0.5, 0.6) is 0 Å². The number of aromatic nitrogens is 1. The molecule has 0 fully saturated rings. The van der Waals surface area contributed by atoms with Crippen LogP contribution in [0.1, 0.15) is 10.4 Å². The van der Waals surface area contributed by atoms with Gasteiger partial charge in [0.2, 0.25) is 0 Å². The number of carbonyl (C=O) groups is 1. The fourth-order valence-electron chi connectivity index (χ4n) is 2.62. The average molecular weight is 506 g/mol. The third-order valence-corrected chi connectivity index (χ3v) is 6.68. The maximum atomic E-state index is 12.5. The quantitative estimate of drug-likeness (QED) is 0.394. The molecule has 0 unspecified atom stereocenters. The summed E-state index contributed by atoms with van der Waals surface area (Å²) in [6.07, 6.45) is 1.49. The third kappa shape index (κ3) is 4.27. The Morgan fingerprint density at radius 3 is 2.57 bits per heavy atom. The van der Waals surface area contributed by atoms with E-state index in [0.29, 0.717) is 16.7 Å². The van der Waals surface area contributed by atoms with Crippen LogP contribution >= 0.6 is 27.3 Å². The normalized spacial score (nSPS) is 11.4. The molecule has 0 aliphatic carbocycles. The molecule has 0 saturated heterocycles. The largest absolute Gasteiger partial charge is 0.422 e. The Bertz CT molecular complexity index is 1400. The molecule has 0 aliphatic rings. The first-order valence-electron chi connectivity index (χ1n) is 8.39. The molecule has 4 aromatic rings. The van der Waals surface area contributed by atoms with E-state index >= 15 is 0 Å². The van der Waals surface area contributed by atoms with Crippen LogP contribution in [0, 0.1) is 0 Å². The molecule has 1 amide bonds. The van der Waals surface area contributed by atoms with Crippen molar-refractivity contribution >= 4 is 65.0 Å². The minimum Gasteiger partial charge on any atom is -0.422 e. The SMILES string of the molecule is O=C(Nc1ccc(S(=O)(=O)Nc2nccs2)cc1)c1cc2cc(Br)ccc2oc1=O. The molecule has 4 rings (SSSR count). The van der Waals surface area contributed by atoms with Crippen LogP contribution in [0.25, 0.3) is 11.0 Å². The minimum absolute atomic E-state index is 0.00534. The number of halogens is 1. The van der Waals surface area contributed by atoms with E-state index in [-0.39, 0.29) is 15.6 Å². The number of nitrogens with one attached hydrogen (secondary N) is 2. The summed E-state index contributed by atoms with van der Waals surface area (Å²) in [5, 5.41) is 5.06. The molecule has 0 atom stereocenters. The van der Waals surface area contributed by atoms with Crippen molar-refractivity contribution in [2.45, 2.75) is 4.90 Å². The summed E-state index contributed by atoms with van der Waals surface area (Å²) in [7, 11) is -3.80. The van der Waals surface area contributed by atoms with Crippen molar-refractivity contribution in [3.05, 3.63) is 80.6 Å². The van der Waals surface area contributed by atoms with E-state index in [1.165, 1.54) is 36.5 Å². The van der Waals surface area contributed by atoms with Crippen molar-refractivity contribution in [3.8, 4) is 0 Å². The molecule has 30 heavy (non-hydrogen) atoms. The predicted octanol–water partition coefficient (Wildman–Crippen LogP) is 4.07. The first kappa shape index (κ1) is 20.3. The third-order valence-electron chi connectivity index (χ3n) is 4.02. The Balaban J connectivity index is 1.55. The Morgan fingerprint density at radius 2 is 1.87 bits per heavy atom. The molecule has 0 saturated carbocycles. The lowest BCUT2D eigenvalue weighted by Gasteiger charge is -2.08. The predicted molar refractivity (Wildman–Crippen MR) is 118 cm³/mol. The van der Waals surface area contributed by atoms with Crippen LogP contribution in [0.4, 0.5) is 10.8 Å². The molecular weight excluding hydrogens is 494 g/mol. The van der Waals surface area contributed by atoms with Crippen LogP contribution in [0.15, 0.2) is 78.7 Å². The Morgan fingerprint density at radius 1 is 1.10 bits per heavy atom. The summed E-state index contributed by atoms with van der Waals surface area (Å²) in [6, 6.07) is 12.0. The van der Waals surface area contributed by atoms with Crippen LogP contribution in [-0.4, -0.2) is 19.3 Å². The van der Waals surface area contributed by atoms with Gasteiger partial charge in [0, 0.05) is 27.1 Å². The first-order chi connectivity index (χ1) is 14.3. The van der Waals surface area contributed by atoms with Crippen molar-refractivity contribution in [2.75, 3.05) is 10.0 Å². The number of sulfonamides is 1. The van der Waals surface area contributed by atoms with Crippen molar-refractivity contribution in [1.29, 1.82) is 0 Å². The number of hydrogen-bond donors (Lipinski definition) is 2. The van der Waals surface area contributed by atoms with Crippen LogP contribution in [0.2, 0.25) is 0 Å². The molecular formula is C19H12BrN3O5S2. The fraction of sp³-hybridized carbons (Fsp3) is 0. The number of amides is 1. The molecule has 0 bridgehead atoms. The van der Waals surface area contributed by atoms with Crippen molar-refractivity contribution in [2.24, 2.45) is 0 Å². The zero-order valence-electron chi connectivity index (χ0n) is 15.0. The summed E-state index contributed by atoms with van der Waals surface area (Å²) < 4.78 is 33.1.